The second-order valence-electron chi connectivity index (χ2n) is 5.75. The largest absolute Gasteiger partial charge is 0.325 e. The fourth-order valence-electron chi connectivity index (χ4n) is 2.96. The second kappa shape index (κ2) is 5.31. The van der Waals surface area contributed by atoms with Crippen molar-refractivity contribution in [3.8, 4) is 0 Å². The lowest BCUT2D eigenvalue weighted by molar-refractivity contribution is -0.132. The van der Waals surface area contributed by atoms with Gasteiger partial charge in [0, 0.05) is 5.02 Å². The lowest BCUT2D eigenvalue weighted by Gasteiger charge is -2.31. The molecule has 2 aliphatic rings. The predicted molar refractivity (Wildman–Crippen MR) is 80.1 cm³/mol. The molecule has 0 aliphatic carbocycles. The molecule has 1 spiro atoms. The molecule has 2 aliphatic heterocycles. The van der Waals surface area contributed by atoms with Crippen LogP contribution in [0.25, 0.3) is 0 Å². The summed E-state index contributed by atoms with van der Waals surface area (Å²) in [5.74, 6) is -0.134. The van der Waals surface area contributed by atoms with Crippen molar-refractivity contribution in [3.63, 3.8) is 0 Å². The normalized spacial score (nSPS) is 21.0. The van der Waals surface area contributed by atoms with Crippen LogP contribution in [0.5, 0.6) is 0 Å². The highest BCUT2D eigenvalue weighted by Gasteiger charge is 2.51. The van der Waals surface area contributed by atoms with Gasteiger partial charge in [0.05, 0.1) is 6.54 Å². The summed E-state index contributed by atoms with van der Waals surface area (Å²) in [6.07, 6.45) is 1.27. The predicted octanol–water partition coefficient (Wildman–Crippen LogP) is 1.82. The number of halogens is 1. The summed E-state index contributed by atoms with van der Waals surface area (Å²) >= 11 is 6.20. The molecule has 3 amide bonds. The number of aryl methyl sites for hydroxylation is 1. The number of hydrogen-bond acceptors (Lipinski definition) is 3. The maximum absolute atomic E-state index is 12.6. The third-order valence-electron chi connectivity index (χ3n) is 4.24. The van der Waals surface area contributed by atoms with Crippen LogP contribution in [-0.4, -0.2) is 35.5 Å². The van der Waals surface area contributed by atoms with E-state index >= 15 is 0 Å². The van der Waals surface area contributed by atoms with Crippen LogP contribution in [0.1, 0.15) is 24.0 Å². The molecule has 2 fully saturated rings. The number of benzene rings is 1. The van der Waals surface area contributed by atoms with Gasteiger partial charge in [-0.1, -0.05) is 23.7 Å². The van der Waals surface area contributed by atoms with Gasteiger partial charge in [-0.3, -0.25) is 9.69 Å². The van der Waals surface area contributed by atoms with E-state index in [9.17, 15) is 9.59 Å². The van der Waals surface area contributed by atoms with Gasteiger partial charge in [0.2, 0.25) is 0 Å². The summed E-state index contributed by atoms with van der Waals surface area (Å²) in [7, 11) is 0. The van der Waals surface area contributed by atoms with Gasteiger partial charge in [-0.25, -0.2) is 4.79 Å². The first kappa shape index (κ1) is 14.4. The van der Waals surface area contributed by atoms with Crippen LogP contribution in [0.3, 0.4) is 0 Å². The van der Waals surface area contributed by atoms with Crippen LogP contribution in [0, 0.1) is 6.92 Å². The van der Waals surface area contributed by atoms with Crippen molar-refractivity contribution >= 4 is 23.5 Å². The molecule has 0 unspecified atom stereocenters. The number of imide groups is 1. The van der Waals surface area contributed by atoms with Crippen molar-refractivity contribution in [2.75, 3.05) is 13.1 Å². The fourth-order valence-corrected chi connectivity index (χ4v) is 3.26. The molecule has 112 valence electrons. The molecule has 0 bridgehead atoms. The van der Waals surface area contributed by atoms with E-state index in [-0.39, 0.29) is 18.5 Å². The average Bonchev–Trinajstić information content (AvgIpc) is 2.67. The van der Waals surface area contributed by atoms with Crippen LogP contribution < -0.4 is 10.6 Å². The number of rotatable bonds is 2. The Morgan fingerprint density at radius 2 is 2.00 bits per heavy atom. The molecule has 6 heteroatoms. The first-order valence-corrected chi connectivity index (χ1v) is 7.49. The molecule has 0 radical (unpaired) electrons. The van der Waals surface area contributed by atoms with Gasteiger partial charge in [-0.05, 0) is 50.0 Å². The zero-order valence-electron chi connectivity index (χ0n) is 11.9. The fraction of sp³-hybridized carbons (Fsp3) is 0.467. The zero-order valence-corrected chi connectivity index (χ0v) is 12.7. The van der Waals surface area contributed by atoms with Crippen molar-refractivity contribution < 1.29 is 9.59 Å². The van der Waals surface area contributed by atoms with E-state index in [1.807, 2.05) is 25.1 Å². The molecular weight excluding hydrogens is 290 g/mol. The molecule has 1 aromatic carbocycles. The topological polar surface area (TPSA) is 61.4 Å². The van der Waals surface area contributed by atoms with Gasteiger partial charge >= 0.3 is 6.03 Å². The number of nitrogens with zero attached hydrogens (tertiary/aromatic N) is 1. The quantitative estimate of drug-likeness (QED) is 0.819. The van der Waals surface area contributed by atoms with Crippen molar-refractivity contribution in [2.45, 2.75) is 31.8 Å². The lowest BCUT2D eigenvalue weighted by Crippen LogP contribution is -2.53. The van der Waals surface area contributed by atoms with E-state index in [1.165, 1.54) is 4.90 Å². The standard InChI is InChI=1S/C15H18ClN3O2/c1-10-2-3-11(12(16)8-10)9-19-13(20)15(18-14(19)21)4-6-17-7-5-15/h2-3,8,17H,4-7,9H2,1H3,(H,18,21). The van der Waals surface area contributed by atoms with E-state index in [1.54, 1.807) is 0 Å². The highest BCUT2D eigenvalue weighted by molar-refractivity contribution is 6.31. The number of carbonyl (C=O) groups excluding carboxylic acids is 2. The Labute approximate surface area is 128 Å². The summed E-state index contributed by atoms with van der Waals surface area (Å²) in [5, 5.41) is 6.67. The van der Waals surface area contributed by atoms with Gasteiger partial charge in [-0.2, -0.15) is 0 Å². The van der Waals surface area contributed by atoms with E-state index < -0.39 is 5.54 Å². The summed E-state index contributed by atoms with van der Waals surface area (Å²) in [4.78, 5) is 26.1. The molecule has 3 rings (SSSR count). The van der Waals surface area contributed by atoms with E-state index in [2.05, 4.69) is 10.6 Å². The maximum atomic E-state index is 12.6. The minimum Gasteiger partial charge on any atom is -0.323 e. The van der Waals surface area contributed by atoms with Crippen molar-refractivity contribution in [3.05, 3.63) is 34.3 Å². The summed E-state index contributed by atoms with van der Waals surface area (Å²) in [6.45, 7) is 3.66. The number of carbonyl (C=O) groups is 2. The summed E-state index contributed by atoms with van der Waals surface area (Å²) in [6, 6.07) is 5.32. The lowest BCUT2D eigenvalue weighted by atomic mass is 9.88. The summed E-state index contributed by atoms with van der Waals surface area (Å²) < 4.78 is 0. The summed E-state index contributed by atoms with van der Waals surface area (Å²) in [5.41, 5.74) is 1.12. The highest BCUT2D eigenvalue weighted by Crippen LogP contribution is 2.29. The van der Waals surface area contributed by atoms with Crippen LogP contribution in [0.15, 0.2) is 18.2 Å². The molecule has 1 aromatic rings. The van der Waals surface area contributed by atoms with Crippen LogP contribution in [0.4, 0.5) is 4.79 Å². The third kappa shape index (κ3) is 2.51. The van der Waals surface area contributed by atoms with Gasteiger partial charge in [0.1, 0.15) is 5.54 Å². The number of nitrogens with one attached hydrogen (secondary N) is 2. The van der Waals surface area contributed by atoms with Crippen LogP contribution in [-0.2, 0) is 11.3 Å². The molecule has 0 saturated carbocycles. The van der Waals surface area contributed by atoms with Gasteiger partial charge in [0.15, 0.2) is 0 Å². The second-order valence-corrected chi connectivity index (χ2v) is 6.16. The molecular formula is C15H18ClN3O2. The average molecular weight is 308 g/mol. The molecule has 2 heterocycles. The van der Waals surface area contributed by atoms with Gasteiger partial charge in [-0.15, -0.1) is 0 Å². The Hall–Kier alpha value is -1.59. The molecule has 0 atom stereocenters. The van der Waals surface area contributed by atoms with E-state index in [4.69, 9.17) is 11.6 Å². The van der Waals surface area contributed by atoms with E-state index in [0.717, 1.165) is 24.2 Å². The van der Waals surface area contributed by atoms with Gasteiger partial charge in [0.25, 0.3) is 5.91 Å². The molecule has 5 nitrogen and oxygen atoms in total. The zero-order chi connectivity index (χ0) is 15.0. The molecule has 21 heavy (non-hydrogen) atoms. The SMILES string of the molecule is Cc1ccc(CN2C(=O)NC3(CCNCC3)C2=O)c(Cl)c1. The van der Waals surface area contributed by atoms with Crippen molar-refractivity contribution in [1.82, 2.24) is 15.5 Å². The number of urea groups is 1. The van der Waals surface area contributed by atoms with Crippen molar-refractivity contribution in [2.24, 2.45) is 0 Å². The Morgan fingerprint density at radius 1 is 1.29 bits per heavy atom. The minimum absolute atomic E-state index is 0.134. The number of hydrogen-bond donors (Lipinski definition) is 2. The third-order valence-corrected chi connectivity index (χ3v) is 4.59. The Bertz CT molecular complexity index is 597. The highest BCUT2D eigenvalue weighted by atomic mass is 35.5. The maximum Gasteiger partial charge on any atom is 0.325 e. The Balaban J connectivity index is 1.82. The smallest absolute Gasteiger partial charge is 0.323 e. The molecule has 0 aromatic heterocycles. The van der Waals surface area contributed by atoms with Gasteiger partial charge < -0.3 is 10.6 Å². The Kier molecular flexibility index (Phi) is 3.63. The monoisotopic (exact) mass is 307 g/mol. The first-order chi connectivity index (χ1) is 10.0. The molecule has 2 N–H and O–H groups in total. The van der Waals surface area contributed by atoms with Crippen LogP contribution in [0.2, 0.25) is 5.02 Å². The van der Waals surface area contributed by atoms with Crippen LogP contribution >= 0.6 is 11.6 Å². The van der Waals surface area contributed by atoms with E-state index in [0.29, 0.717) is 17.9 Å². The first-order valence-electron chi connectivity index (χ1n) is 7.12. The molecule has 2 saturated heterocycles. The van der Waals surface area contributed by atoms with Crippen molar-refractivity contribution in [1.29, 1.82) is 0 Å². The Morgan fingerprint density at radius 3 is 2.67 bits per heavy atom. The number of amides is 3. The number of piperidine rings is 1. The minimum atomic E-state index is -0.723.